The molecule has 2 heterocycles. The van der Waals surface area contributed by atoms with Crippen molar-refractivity contribution in [1.29, 1.82) is 0 Å². The van der Waals surface area contributed by atoms with Crippen LogP contribution in [0.4, 0.5) is 5.69 Å². The van der Waals surface area contributed by atoms with Crippen LogP contribution in [0.2, 0.25) is 0 Å². The van der Waals surface area contributed by atoms with Crippen LogP contribution in [-0.2, 0) is 17.8 Å². The van der Waals surface area contributed by atoms with Gasteiger partial charge in [-0.1, -0.05) is 37.3 Å². The van der Waals surface area contributed by atoms with Gasteiger partial charge in [-0.2, -0.15) is 0 Å². The van der Waals surface area contributed by atoms with E-state index in [4.69, 9.17) is 0 Å². The third-order valence-electron chi connectivity index (χ3n) is 5.38. The third kappa shape index (κ3) is 3.97. The molecule has 0 spiro atoms. The van der Waals surface area contributed by atoms with E-state index in [1.54, 1.807) is 49.4 Å². The molecule has 2 aromatic carbocycles. The lowest BCUT2D eigenvalue weighted by Gasteiger charge is -2.15. The molecule has 0 aliphatic heterocycles. The van der Waals surface area contributed by atoms with Crippen LogP contribution in [0.3, 0.4) is 0 Å². The van der Waals surface area contributed by atoms with E-state index in [0.717, 1.165) is 16.6 Å². The zero-order valence-electron chi connectivity index (χ0n) is 18.3. The Morgan fingerprint density at radius 2 is 1.69 bits per heavy atom. The number of hydrogen-bond donors (Lipinski definition) is 1. The maximum Gasteiger partial charge on any atom is 0.337 e. The minimum absolute atomic E-state index is 0.288. The molecule has 4 aromatic rings. The molecule has 0 fully saturated rings. The zero-order valence-corrected chi connectivity index (χ0v) is 18.3. The predicted molar refractivity (Wildman–Crippen MR) is 126 cm³/mol. The molecule has 0 saturated carbocycles. The standard InChI is InChI=1S/C25H24N4O3/c1-4-18-10-12-19(13-11-18)27-21(30)15-28-24(31)22-16(2)14-17(3)26-23(22)29(25(28)32)20-8-6-5-7-9-20/h5-14H,4,15H2,1-3H3,(H,27,30). The van der Waals surface area contributed by atoms with Crippen LogP contribution in [-0.4, -0.2) is 20.0 Å². The van der Waals surface area contributed by atoms with Crippen molar-refractivity contribution in [1.82, 2.24) is 14.1 Å². The summed E-state index contributed by atoms with van der Waals surface area (Å²) in [5.74, 6) is -0.454. The first-order valence-electron chi connectivity index (χ1n) is 10.5. The number of carbonyl (C=O) groups is 1. The molecule has 0 atom stereocenters. The molecule has 4 rings (SSSR count). The summed E-state index contributed by atoms with van der Waals surface area (Å²) < 4.78 is 2.36. The van der Waals surface area contributed by atoms with E-state index in [9.17, 15) is 14.4 Å². The van der Waals surface area contributed by atoms with Gasteiger partial charge in [0.15, 0.2) is 5.65 Å². The summed E-state index contributed by atoms with van der Waals surface area (Å²) in [7, 11) is 0. The van der Waals surface area contributed by atoms with Gasteiger partial charge < -0.3 is 5.32 Å². The lowest BCUT2D eigenvalue weighted by atomic mass is 10.1. The van der Waals surface area contributed by atoms with Crippen molar-refractivity contribution in [2.24, 2.45) is 0 Å². The fourth-order valence-electron chi connectivity index (χ4n) is 3.79. The largest absolute Gasteiger partial charge is 0.337 e. The van der Waals surface area contributed by atoms with Gasteiger partial charge in [0, 0.05) is 11.4 Å². The monoisotopic (exact) mass is 428 g/mol. The van der Waals surface area contributed by atoms with Crippen LogP contribution in [0.1, 0.15) is 23.7 Å². The van der Waals surface area contributed by atoms with Gasteiger partial charge in [0.1, 0.15) is 6.54 Å². The molecule has 1 N–H and O–H groups in total. The Kier molecular flexibility index (Phi) is 5.73. The second-order valence-corrected chi connectivity index (χ2v) is 7.72. The molecule has 1 amide bonds. The van der Waals surface area contributed by atoms with Gasteiger partial charge in [-0.3, -0.25) is 9.59 Å². The van der Waals surface area contributed by atoms with Crippen LogP contribution >= 0.6 is 0 Å². The molecule has 0 unspecified atom stereocenters. The summed E-state index contributed by atoms with van der Waals surface area (Å²) in [5, 5.41) is 3.08. The second-order valence-electron chi connectivity index (χ2n) is 7.72. The summed E-state index contributed by atoms with van der Waals surface area (Å²) >= 11 is 0. The summed E-state index contributed by atoms with van der Waals surface area (Å²) in [4.78, 5) is 43.9. The summed E-state index contributed by atoms with van der Waals surface area (Å²) in [6, 6.07) is 18.2. The highest BCUT2D eigenvalue weighted by Crippen LogP contribution is 2.16. The summed E-state index contributed by atoms with van der Waals surface area (Å²) in [6.07, 6.45) is 0.895. The Labute approximate surface area is 185 Å². The van der Waals surface area contributed by atoms with Gasteiger partial charge in [-0.25, -0.2) is 18.9 Å². The Hall–Kier alpha value is -4.00. The quantitative estimate of drug-likeness (QED) is 0.528. The van der Waals surface area contributed by atoms with E-state index in [1.807, 2.05) is 25.1 Å². The molecule has 7 nitrogen and oxygen atoms in total. The van der Waals surface area contributed by atoms with Crippen molar-refractivity contribution in [2.45, 2.75) is 33.7 Å². The lowest BCUT2D eigenvalue weighted by Crippen LogP contribution is -2.42. The number of para-hydroxylation sites is 1. The number of rotatable bonds is 5. The molecule has 2 aromatic heterocycles. The summed E-state index contributed by atoms with van der Waals surface area (Å²) in [6.45, 7) is 5.27. The number of pyridine rings is 1. The molecule has 0 radical (unpaired) electrons. The van der Waals surface area contributed by atoms with Crippen molar-refractivity contribution in [3.05, 3.63) is 98.3 Å². The highest BCUT2D eigenvalue weighted by atomic mass is 16.2. The minimum Gasteiger partial charge on any atom is -0.325 e. The number of benzene rings is 2. The Balaban J connectivity index is 1.83. The Morgan fingerprint density at radius 1 is 1.00 bits per heavy atom. The van der Waals surface area contributed by atoms with E-state index >= 15 is 0 Å². The first-order valence-corrected chi connectivity index (χ1v) is 10.5. The smallest absolute Gasteiger partial charge is 0.325 e. The average Bonchev–Trinajstić information content (AvgIpc) is 2.77. The highest BCUT2D eigenvalue weighted by molar-refractivity contribution is 5.90. The second kappa shape index (κ2) is 8.63. The maximum atomic E-state index is 13.4. The van der Waals surface area contributed by atoms with Gasteiger partial charge in [0.25, 0.3) is 5.56 Å². The van der Waals surface area contributed by atoms with E-state index in [-0.39, 0.29) is 5.65 Å². The zero-order chi connectivity index (χ0) is 22.8. The van der Waals surface area contributed by atoms with E-state index in [2.05, 4.69) is 17.2 Å². The minimum atomic E-state index is -0.609. The fraction of sp³-hybridized carbons (Fsp3) is 0.200. The van der Waals surface area contributed by atoms with E-state index < -0.39 is 23.7 Å². The van der Waals surface area contributed by atoms with Gasteiger partial charge >= 0.3 is 5.69 Å². The number of aryl methyl sites for hydroxylation is 3. The van der Waals surface area contributed by atoms with Crippen LogP contribution in [0.5, 0.6) is 0 Å². The van der Waals surface area contributed by atoms with Crippen LogP contribution in [0.25, 0.3) is 16.7 Å². The highest BCUT2D eigenvalue weighted by Gasteiger charge is 2.19. The first-order chi connectivity index (χ1) is 15.4. The molecule has 0 aliphatic rings. The Morgan fingerprint density at radius 3 is 2.34 bits per heavy atom. The number of nitrogens with zero attached hydrogens (tertiary/aromatic N) is 3. The number of hydrogen-bond acceptors (Lipinski definition) is 4. The molecule has 7 heteroatoms. The Bertz CT molecular complexity index is 1420. The fourth-order valence-corrected chi connectivity index (χ4v) is 3.79. The predicted octanol–water partition coefficient (Wildman–Crippen LogP) is 3.37. The molecular formula is C25H24N4O3. The molecular weight excluding hydrogens is 404 g/mol. The first kappa shape index (κ1) is 21.2. The molecule has 32 heavy (non-hydrogen) atoms. The number of fused-ring (bicyclic) bond motifs is 1. The maximum absolute atomic E-state index is 13.4. The van der Waals surface area contributed by atoms with Gasteiger partial charge in [0.05, 0.1) is 11.1 Å². The molecule has 0 saturated heterocycles. The van der Waals surface area contributed by atoms with Crippen molar-refractivity contribution >= 4 is 22.6 Å². The SMILES string of the molecule is CCc1ccc(NC(=O)Cn2c(=O)c3c(C)cc(C)nc3n(-c3ccccc3)c2=O)cc1. The third-order valence-corrected chi connectivity index (χ3v) is 5.38. The van der Waals surface area contributed by atoms with E-state index in [1.165, 1.54) is 4.57 Å². The van der Waals surface area contributed by atoms with Crippen molar-refractivity contribution in [3.8, 4) is 5.69 Å². The normalized spacial score (nSPS) is 11.0. The van der Waals surface area contributed by atoms with Crippen molar-refractivity contribution < 1.29 is 4.79 Å². The average molecular weight is 428 g/mol. The van der Waals surface area contributed by atoms with Crippen LogP contribution in [0.15, 0.2) is 70.3 Å². The van der Waals surface area contributed by atoms with Crippen molar-refractivity contribution in [2.75, 3.05) is 5.32 Å². The van der Waals surface area contributed by atoms with Gasteiger partial charge in [0.2, 0.25) is 5.91 Å². The lowest BCUT2D eigenvalue weighted by molar-refractivity contribution is -0.116. The van der Waals surface area contributed by atoms with Gasteiger partial charge in [-0.15, -0.1) is 0 Å². The molecule has 0 bridgehead atoms. The number of carbonyl (C=O) groups excluding carboxylic acids is 1. The number of amides is 1. The number of nitrogens with one attached hydrogen (secondary N) is 1. The molecule has 162 valence electrons. The van der Waals surface area contributed by atoms with Crippen LogP contribution in [0, 0.1) is 13.8 Å². The number of aromatic nitrogens is 3. The van der Waals surface area contributed by atoms with Crippen LogP contribution < -0.4 is 16.6 Å². The van der Waals surface area contributed by atoms with Gasteiger partial charge in [-0.05, 0) is 61.7 Å². The number of anilines is 1. The molecule has 0 aliphatic carbocycles. The summed E-state index contributed by atoms with van der Waals surface area (Å²) in [5.41, 5.74) is 2.88. The van der Waals surface area contributed by atoms with Crippen molar-refractivity contribution in [3.63, 3.8) is 0 Å². The van der Waals surface area contributed by atoms with E-state index in [0.29, 0.717) is 28.0 Å². The topological polar surface area (TPSA) is 86.0 Å².